The molecule has 2 aromatic heterocycles. The van der Waals surface area contributed by atoms with Crippen molar-refractivity contribution < 1.29 is 0 Å². The number of aryl methyl sites for hydroxylation is 1. The minimum Gasteiger partial charge on any atom is -0.261 e. The molecule has 0 aliphatic rings. The SMILES string of the molecule is C=Cc1ncccc1-c1cccnc1C. The predicted molar refractivity (Wildman–Crippen MR) is 62.3 cm³/mol. The lowest BCUT2D eigenvalue weighted by Gasteiger charge is -2.06. The first-order valence-electron chi connectivity index (χ1n) is 4.82. The highest BCUT2D eigenvalue weighted by Crippen LogP contribution is 2.24. The van der Waals surface area contributed by atoms with E-state index in [-0.39, 0.29) is 0 Å². The molecular weight excluding hydrogens is 184 g/mol. The predicted octanol–water partition coefficient (Wildman–Crippen LogP) is 3.10. The number of hydrogen-bond donors (Lipinski definition) is 0. The van der Waals surface area contributed by atoms with Gasteiger partial charge in [-0.05, 0) is 25.1 Å². The van der Waals surface area contributed by atoms with Gasteiger partial charge in [-0.15, -0.1) is 0 Å². The standard InChI is InChI=1S/C13H12N2/c1-3-13-12(7-5-9-15-13)11-6-4-8-14-10(11)2/h3-9H,1H2,2H3. The van der Waals surface area contributed by atoms with Crippen LogP contribution in [0.4, 0.5) is 0 Å². The second kappa shape index (κ2) is 4.05. The Balaban J connectivity index is 2.64. The van der Waals surface area contributed by atoms with Crippen LogP contribution < -0.4 is 0 Å². The number of hydrogen-bond acceptors (Lipinski definition) is 2. The second-order valence-corrected chi connectivity index (χ2v) is 3.28. The third-order valence-corrected chi connectivity index (χ3v) is 2.33. The van der Waals surface area contributed by atoms with Crippen molar-refractivity contribution in [2.45, 2.75) is 6.92 Å². The fourth-order valence-corrected chi connectivity index (χ4v) is 1.58. The number of pyridine rings is 2. The molecule has 0 spiro atoms. The first-order chi connectivity index (χ1) is 7.33. The van der Waals surface area contributed by atoms with Gasteiger partial charge in [0.2, 0.25) is 0 Å². The largest absolute Gasteiger partial charge is 0.261 e. The van der Waals surface area contributed by atoms with Crippen LogP contribution in [-0.2, 0) is 0 Å². The molecule has 0 aromatic carbocycles. The molecule has 0 unspecified atom stereocenters. The molecule has 0 aliphatic carbocycles. The molecule has 2 heteroatoms. The van der Waals surface area contributed by atoms with Crippen molar-refractivity contribution in [1.29, 1.82) is 0 Å². The van der Waals surface area contributed by atoms with Crippen LogP contribution in [0.3, 0.4) is 0 Å². The van der Waals surface area contributed by atoms with E-state index in [9.17, 15) is 0 Å². The summed E-state index contributed by atoms with van der Waals surface area (Å²) in [6.45, 7) is 5.76. The summed E-state index contributed by atoms with van der Waals surface area (Å²) in [6.07, 6.45) is 5.33. The van der Waals surface area contributed by atoms with Crippen LogP contribution in [0.1, 0.15) is 11.4 Å². The van der Waals surface area contributed by atoms with E-state index in [1.54, 1.807) is 18.5 Å². The summed E-state index contributed by atoms with van der Waals surface area (Å²) < 4.78 is 0. The molecule has 2 aromatic rings. The fraction of sp³-hybridized carbons (Fsp3) is 0.0769. The zero-order chi connectivity index (χ0) is 10.7. The van der Waals surface area contributed by atoms with E-state index in [0.717, 1.165) is 22.5 Å². The van der Waals surface area contributed by atoms with Gasteiger partial charge in [-0.1, -0.05) is 18.7 Å². The molecule has 0 radical (unpaired) electrons. The summed E-state index contributed by atoms with van der Waals surface area (Å²) in [5.41, 5.74) is 4.10. The maximum atomic E-state index is 4.27. The van der Waals surface area contributed by atoms with E-state index in [2.05, 4.69) is 16.5 Å². The van der Waals surface area contributed by atoms with Gasteiger partial charge in [-0.2, -0.15) is 0 Å². The van der Waals surface area contributed by atoms with E-state index < -0.39 is 0 Å². The first-order valence-corrected chi connectivity index (χ1v) is 4.82. The van der Waals surface area contributed by atoms with Crippen LogP contribution in [0.5, 0.6) is 0 Å². The van der Waals surface area contributed by atoms with Gasteiger partial charge >= 0.3 is 0 Å². The molecule has 0 saturated heterocycles. The van der Waals surface area contributed by atoms with Crippen molar-refractivity contribution in [3.63, 3.8) is 0 Å². The normalized spacial score (nSPS) is 9.93. The van der Waals surface area contributed by atoms with Gasteiger partial charge < -0.3 is 0 Å². The third kappa shape index (κ3) is 1.79. The first kappa shape index (κ1) is 9.59. The van der Waals surface area contributed by atoms with Crippen molar-refractivity contribution in [2.75, 3.05) is 0 Å². The van der Waals surface area contributed by atoms with Gasteiger partial charge in [0.25, 0.3) is 0 Å². The molecule has 74 valence electrons. The van der Waals surface area contributed by atoms with Crippen LogP contribution in [0.25, 0.3) is 17.2 Å². The molecule has 0 atom stereocenters. The Morgan fingerprint density at radius 3 is 2.40 bits per heavy atom. The highest BCUT2D eigenvalue weighted by molar-refractivity contribution is 5.73. The lowest BCUT2D eigenvalue weighted by molar-refractivity contribution is 1.19. The maximum Gasteiger partial charge on any atom is 0.0702 e. The van der Waals surface area contributed by atoms with E-state index in [4.69, 9.17) is 0 Å². The molecule has 0 fully saturated rings. The van der Waals surface area contributed by atoms with E-state index in [1.807, 2.05) is 31.2 Å². The Kier molecular flexibility index (Phi) is 2.59. The Hall–Kier alpha value is -1.96. The zero-order valence-electron chi connectivity index (χ0n) is 8.64. The zero-order valence-corrected chi connectivity index (χ0v) is 8.64. The summed E-state index contributed by atoms with van der Waals surface area (Å²) in [5.74, 6) is 0. The lowest BCUT2D eigenvalue weighted by Crippen LogP contribution is -1.90. The van der Waals surface area contributed by atoms with Gasteiger partial charge in [-0.25, -0.2) is 0 Å². The molecular formula is C13H12N2. The molecule has 0 amide bonds. The third-order valence-electron chi connectivity index (χ3n) is 2.33. The Labute approximate surface area is 89.3 Å². The Morgan fingerprint density at radius 2 is 1.73 bits per heavy atom. The minimum atomic E-state index is 0.897. The van der Waals surface area contributed by atoms with Crippen LogP contribution in [0.2, 0.25) is 0 Å². The Bertz CT molecular complexity index is 489. The van der Waals surface area contributed by atoms with E-state index in [1.165, 1.54) is 0 Å². The highest BCUT2D eigenvalue weighted by Gasteiger charge is 2.05. The smallest absolute Gasteiger partial charge is 0.0702 e. The van der Waals surface area contributed by atoms with Crippen molar-refractivity contribution in [1.82, 2.24) is 9.97 Å². The van der Waals surface area contributed by atoms with Crippen molar-refractivity contribution in [3.8, 4) is 11.1 Å². The van der Waals surface area contributed by atoms with Gasteiger partial charge in [-0.3, -0.25) is 9.97 Å². The molecule has 0 bridgehead atoms. The number of aromatic nitrogens is 2. The molecule has 0 aliphatic heterocycles. The van der Waals surface area contributed by atoms with Crippen LogP contribution in [0, 0.1) is 6.92 Å². The fourth-order valence-electron chi connectivity index (χ4n) is 1.58. The van der Waals surface area contributed by atoms with Crippen LogP contribution >= 0.6 is 0 Å². The highest BCUT2D eigenvalue weighted by atomic mass is 14.7. The molecule has 0 N–H and O–H groups in total. The van der Waals surface area contributed by atoms with Gasteiger partial charge in [0.15, 0.2) is 0 Å². The summed E-state index contributed by atoms with van der Waals surface area (Å²) in [4.78, 5) is 8.54. The topological polar surface area (TPSA) is 25.8 Å². The molecule has 2 nitrogen and oxygen atoms in total. The van der Waals surface area contributed by atoms with Crippen molar-refractivity contribution in [3.05, 3.63) is 54.6 Å². The van der Waals surface area contributed by atoms with Crippen molar-refractivity contribution in [2.24, 2.45) is 0 Å². The average Bonchev–Trinajstić information content (AvgIpc) is 2.30. The Morgan fingerprint density at radius 1 is 1.07 bits per heavy atom. The van der Waals surface area contributed by atoms with Crippen molar-refractivity contribution >= 4 is 6.08 Å². The second-order valence-electron chi connectivity index (χ2n) is 3.28. The summed E-state index contributed by atoms with van der Waals surface area (Å²) in [7, 11) is 0. The maximum absolute atomic E-state index is 4.27. The van der Waals surface area contributed by atoms with Gasteiger partial charge in [0.05, 0.1) is 5.69 Å². The van der Waals surface area contributed by atoms with E-state index in [0.29, 0.717) is 0 Å². The average molecular weight is 196 g/mol. The molecule has 0 saturated carbocycles. The van der Waals surface area contributed by atoms with Gasteiger partial charge in [0, 0.05) is 29.2 Å². The summed E-state index contributed by atoms with van der Waals surface area (Å²) in [5, 5.41) is 0. The van der Waals surface area contributed by atoms with E-state index >= 15 is 0 Å². The molecule has 15 heavy (non-hydrogen) atoms. The lowest BCUT2D eigenvalue weighted by atomic mass is 10.0. The summed E-state index contributed by atoms with van der Waals surface area (Å²) >= 11 is 0. The monoisotopic (exact) mass is 196 g/mol. The van der Waals surface area contributed by atoms with Crippen LogP contribution in [-0.4, -0.2) is 9.97 Å². The quantitative estimate of drug-likeness (QED) is 0.737. The number of nitrogens with zero attached hydrogens (tertiary/aromatic N) is 2. The minimum absolute atomic E-state index is 0.897. The number of rotatable bonds is 2. The van der Waals surface area contributed by atoms with Crippen LogP contribution in [0.15, 0.2) is 43.2 Å². The summed E-state index contributed by atoms with van der Waals surface area (Å²) in [6, 6.07) is 7.94. The van der Waals surface area contributed by atoms with Gasteiger partial charge in [0.1, 0.15) is 0 Å². The molecule has 2 heterocycles. The molecule has 2 rings (SSSR count).